The number of rotatable bonds is 4. The molecule has 0 atom stereocenters. The third-order valence-electron chi connectivity index (χ3n) is 2.42. The van der Waals surface area contributed by atoms with Crippen LogP contribution in [0.2, 0.25) is 0 Å². The number of benzene rings is 1. The molecule has 96 valence electrons. The number of nitrogens with two attached hydrogens (primary N) is 1. The maximum atomic E-state index is 5.89. The minimum atomic E-state index is 0.406. The summed E-state index contributed by atoms with van der Waals surface area (Å²) in [7, 11) is 5.48. The van der Waals surface area contributed by atoms with Crippen molar-refractivity contribution < 1.29 is 9.26 Å². The molecule has 6 heteroatoms. The molecule has 0 unspecified atom stereocenters. The number of ether oxygens (including phenoxy) is 1. The Balaban J connectivity index is 2.33. The molecule has 1 heterocycles. The molecule has 1 aromatic carbocycles. The molecule has 0 aliphatic carbocycles. The molecule has 0 saturated carbocycles. The average Bonchev–Trinajstić information content (AvgIpc) is 2.77. The summed E-state index contributed by atoms with van der Waals surface area (Å²) in [6, 6.07) is 5.32. The van der Waals surface area contributed by atoms with Gasteiger partial charge in [0, 0.05) is 5.69 Å². The fraction of sp³-hybridized carbons (Fsp3) is 0.333. The Bertz CT molecular complexity index is 537. The first-order chi connectivity index (χ1) is 8.60. The van der Waals surface area contributed by atoms with Gasteiger partial charge in [-0.15, -0.1) is 0 Å². The van der Waals surface area contributed by atoms with Gasteiger partial charge in [0.1, 0.15) is 5.75 Å². The quantitative estimate of drug-likeness (QED) is 0.824. The van der Waals surface area contributed by atoms with E-state index in [4.69, 9.17) is 15.0 Å². The van der Waals surface area contributed by atoms with E-state index in [0.29, 0.717) is 35.3 Å². The Labute approximate surface area is 105 Å². The Morgan fingerprint density at radius 2 is 2.17 bits per heavy atom. The number of hydrogen-bond donors (Lipinski definition) is 1. The summed E-state index contributed by atoms with van der Waals surface area (Å²) in [6.07, 6.45) is 0. The Morgan fingerprint density at radius 1 is 1.39 bits per heavy atom. The largest absolute Gasteiger partial charge is 0.497 e. The minimum Gasteiger partial charge on any atom is -0.497 e. The van der Waals surface area contributed by atoms with E-state index in [1.54, 1.807) is 25.3 Å². The smallest absolute Gasteiger partial charge is 0.260 e. The Hall–Kier alpha value is -2.08. The number of hydrogen-bond acceptors (Lipinski definition) is 6. The fourth-order valence-corrected chi connectivity index (χ4v) is 1.56. The summed E-state index contributed by atoms with van der Waals surface area (Å²) < 4.78 is 10.4. The number of nitrogen functional groups attached to an aromatic ring is 1. The van der Waals surface area contributed by atoms with Gasteiger partial charge in [-0.1, -0.05) is 5.16 Å². The normalized spacial score (nSPS) is 10.9. The van der Waals surface area contributed by atoms with Gasteiger partial charge in [-0.3, -0.25) is 0 Å². The van der Waals surface area contributed by atoms with Crippen molar-refractivity contribution in [3.8, 4) is 17.2 Å². The fourth-order valence-electron chi connectivity index (χ4n) is 1.56. The van der Waals surface area contributed by atoms with Crippen molar-refractivity contribution in [1.29, 1.82) is 0 Å². The molecule has 0 aliphatic heterocycles. The van der Waals surface area contributed by atoms with Crippen molar-refractivity contribution in [3.63, 3.8) is 0 Å². The molecule has 2 N–H and O–H groups in total. The first kappa shape index (κ1) is 12.4. The van der Waals surface area contributed by atoms with E-state index >= 15 is 0 Å². The average molecular weight is 248 g/mol. The van der Waals surface area contributed by atoms with Gasteiger partial charge < -0.3 is 19.9 Å². The van der Waals surface area contributed by atoms with Crippen molar-refractivity contribution in [2.45, 2.75) is 6.54 Å². The summed E-state index contributed by atoms with van der Waals surface area (Å²) in [5.74, 6) is 1.73. The highest BCUT2D eigenvalue weighted by Crippen LogP contribution is 2.28. The van der Waals surface area contributed by atoms with Gasteiger partial charge in [-0.25, -0.2) is 0 Å². The highest BCUT2D eigenvalue weighted by atomic mass is 16.5. The molecule has 0 amide bonds. The standard InChI is InChI=1S/C12H16N4O2/c1-16(2)7-11-14-12(18-15-11)9-6-8(17-3)4-5-10(9)13/h4-6H,7,13H2,1-3H3. The summed E-state index contributed by atoms with van der Waals surface area (Å²) in [5.41, 5.74) is 7.16. The van der Waals surface area contributed by atoms with Crippen LogP contribution in [-0.4, -0.2) is 36.2 Å². The third kappa shape index (κ3) is 2.60. The van der Waals surface area contributed by atoms with Crippen LogP contribution in [0.4, 0.5) is 5.69 Å². The van der Waals surface area contributed by atoms with Crippen LogP contribution in [0.3, 0.4) is 0 Å². The van der Waals surface area contributed by atoms with Crippen LogP contribution in [0, 0.1) is 0 Å². The molecule has 0 aliphatic rings. The molecule has 2 rings (SSSR count). The van der Waals surface area contributed by atoms with Gasteiger partial charge >= 0.3 is 0 Å². The lowest BCUT2D eigenvalue weighted by atomic mass is 10.1. The molecule has 1 aromatic heterocycles. The van der Waals surface area contributed by atoms with E-state index in [0.717, 1.165) is 0 Å². The zero-order valence-corrected chi connectivity index (χ0v) is 10.7. The lowest BCUT2D eigenvalue weighted by Crippen LogP contribution is -2.11. The van der Waals surface area contributed by atoms with Crippen LogP contribution in [0.1, 0.15) is 5.82 Å². The topological polar surface area (TPSA) is 77.4 Å². The van der Waals surface area contributed by atoms with Crippen LogP contribution in [-0.2, 0) is 6.54 Å². The summed E-state index contributed by atoms with van der Waals surface area (Å²) >= 11 is 0. The second kappa shape index (κ2) is 5.05. The summed E-state index contributed by atoms with van der Waals surface area (Å²) in [4.78, 5) is 6.26. The van der Waals surface area contributed by atoms with Crippen LogP contribution < -0.4 is 10.5 Å². The highest BCUT2D eigenvalue weighted by molar-refractivity contribution is 5.72. The number of methoxy groups -OCH3 is 1. The van der Waals surface area contributed by atoms with Crippen LogP contribution in [0.5, 0.6) is 5.75 Å². The lowest BCUT2D eigenvalue weighted by Gasteiger charge is -2.04. The van der Waals surface area contributed by atoms with Crippen LogP contribution >= 0.6 is 0 Å². The molecule has 0 fully saturated rings. The van der Waals surface area contributed by atoms with Gasteiger partial charge in [-0.05, 0) is 32.3 Å². The van der Waals surface area contributed by atoms with Gasteiger partial charge in [0.2, 0.25) is 0 Å². The SMILES string of the molecule is COc1ccc(N)c(-c2nc(CN(C)C)no2)c1. The highest BCUT2D eigenvalue weighted by Gasteiger charge is 2.13. The predicted molar refractivity (Wildman–Crippen MR) is 68.1 cm³/mol. The van der Waals surface area contributed by atoms with Crippen molar-refractivity contribution in [2.24, 2.45) is 0 Å². The van der Waals surface area contributed by atoms with Crippen LogP contribution in [0.25, 0.3) is 11.5 Å². The summed E-state index contributed by atoms with van der Waals surface area (Å²) in [5, 5.41) is 3.91. The predicted octanol–water partition coefficient (Wildman–Crippen LogP) is 1.39. The monoisotopic (exact) mass is 248 g/mol. The maximum absolute atomic E-state index is 5.89. The van der Waals surface area contributed by atoms with Crippen molar-refractivity contribution in [2.75, 3.05) is 26.9 Å². The van der Waals surface area contributed by atoms with E-state index in [1.807, 2.05) is 19.0 Å². The molecule has 0 bridgehead atoms. The first-order valence-electron chi connectivity index (χ1n) is 5.51. The third-order valence-corrected chi connectivity index (χ3v) is 2.42. The van der Waals surface area contributed by atoms with Gasteiger partial charge in [0.15, 0.2) is 5.82 Å². The van der Waals surface area contributed by atoms with Gasteiger partial charge in [-0.2, -0.15) is 4.98 Å². The molecule has 0 radical (unpaired) electrons. The zero-order valence-electron chi connectivity index (χ0n) is 10.7. The van der Waals surface area contributed by atoms with Gasteiger partial charge in [0.25, 0.3) is 5.89 Å². The molecule has 18 heavy (non-hydrogen) atoms. The van der Waals surface area contributed by atoms with E-state index in [9.17, 15) is 0 Å². The second-order valence-corrected chi connectivity index (χ2v) is 4.21. The number of aromatic nitrogens is 2. The number of nitrogens with zero attached hydrogens (tertiary/aromatic N) is 3. The van der Waals surface area contributed by atoms with E-state index < -0.39 is 0 Å². The maximum Gasteiger partial charge on any atom is 0.260 e. The number of anilines is 1. The Morgan fingerprint density at radius 3 is 2.83 bits per heavy atom. The van der Waals surface area contributed by atoms with Crippen LogP contribution in [0.15, 0.2) is 22.7 Å². The molecule has 0 spiro atoms. The first-order valence-corrected chi connectivity index (χ1v) is 5.51. The van der Waals surface area contributed by atoms with E-state index in [2.05, 4.69) is 10.1 Å². The summed E-state index contributed by atoms with van der Waals surface area (Å²) in [6.45, 7) is 0.618. The molecule has 6 nitrogen and oxygen atoms in total. The second-order valence-electron chi connectivity index (χ2n) is 4.21. The lowest BCUT2D eigenvalue weighted by molar-refractivity contribution is 0.365. The molecule has 2 aromatic rings. The minimum absolute atomic E-state index is 0.406. The Kier molecular flexibility index (Phi) is 3.47. The van der Waals surface area contributed by atoms with Gasteiger partial charge in [0.05, 0.1) is 19.2 Å². The molecule has 0 saturated heterocycles. The van der Waals surface area contributed by atoms with Crippen molar-refractivity contribution in [1.82, 2.24) is 15.0 Å². The zero-order chi connectivity index (χ0) is 13.1. The molecular formula is C12H16N4O2. The van der Waals surface area contributed by atoms with Crippen molar-refractivity contribution in [3.05, 3.63) is 24.0 Å². The van der Waals surface area contributed by atoms with Crippen molar-refractivity contribution >= 4 is 5.69 Å². The molecular weight excluding hydrogens is 232 g/mol. The van der Waals surface area contributed by atoms with E-state index in [1.165, 1.54) is 0 Å². The van der Waals surface area contributed by atoms with E-state index in [-0.39, 0.29) is 0 Å².